The third-order valence-corrected chi connectivity index (χ3v) is 6.26. The van der Waals surface area contributed by atoms with E-state index in [1.807, 2.05) is 49.7 Å². The van der Waals surface area contributed by atoms with Crippen LogP contribution in [0.5, 0.6) is 0 Å². The number of sulfonamides is 1. The Balaban J connectivity index is 1.90. The van der Waals surface area contributed by atoms with Crippen molar-refractivity contribution in [2.24, 2.45) is 0 Å². The van der Waals surface area contributed by atoms with E-state index >= 15 is 0 Å². The second kappa shape index (κ2) is 7.03. The zero-order chi connectivity index (χ0) is 18.0. The SMILES string of the molecule is Cc1cc(C)c(S(=O)(=O)NCc2nccnc2-c2ccsc2)c(C)c1. The van der Waals surface area contributed by atoms with Crippen molar-refractivity contribution in [3.05, 3.63) is 63.7 Å². The summed E-state index contributed by atoms with van der Waals surface area (Å²) < 4.78 is 28.3. The molecule has 3 rings (SSSR count). The highest BCUT2D eigenvalue weighted by molar-refractivity contribution is 7.89. The molecule has 2 aromatic heterocycles. The smallest absolute Gasteiger partial charge is 0.241 e. The first kappa shape index (κ1) is 17.7. The standard InChI is InChI=1S/C18H19N3O2S2/c1-12-8-13(2)18(14(3)9-12)25(22,23)21-10-16-17(20-6-5-19-16)15-4-7-24-11-15/h4-9,11,21H,10H2,1-3H3. The van der Waals surface area contributed by atoms with E-state index < -0.39 is 10.0 Å². The molecular formula is C18H19N3O2S2. The van der Waals surface area contributed by atoms with Crippen LogP contribution in [0.25, 0.3) is 11.3 Å². The molecule has 3 aromatic rings. The summed E-state index contributed by atoms with van der Waals surface area (Å²) in [6.07, 6.45) is 3.18. The summed E-state index contributed by atoms with van der Waals surface area (Å²) in [6.45, 7) is 5.67. The van der Waals surface area contributed by atoms with Crippen LogP contribution in [0, 0.1) is 20.8 Å². The van der Waals surface area contributed by atoms with Gasteiger partial charge in [0, 0.05) is 23.3 Å². The summed E-state index contributed by atoms with van der Waals surface area (Å²) in [6, 6.07) is 5.70. The van der Waals surface area contributed by atoms with E-state index in [0.717, 1.165) is 22.3 Å². The van der Waals surface area contributed by atoms with Crippen molar-refractivity contribution in [1.82, 2.24) is 14.7 Å². The normalized spacial score (nSPS) is 11.6. The molecule has 1 aromatic carbocycles. The molecule has 0 aliphatic heterocycles. The zero-order valence-corrected chi connectivity index (χ0v) is 15.9. The van der Waals surface area contributed by atoms with Gasteiger partial charge in [-0.15, -0.1) is 0 Å². The minimum absolute atomic E-state index is 0.0914. The predicted molar refractivity (Wildman–Crippen MR) is 100 cm³/mol. The molecule has 130 valence electrons. The first-order valence-corrected chi connectivity index (χ1v) is 10.2. The van der Waals surface area contributed by atoms with Crippen LogP contribution in [-0.4, -0.2) is 18.4 Å². The van der Waals surface area contributed by atoms with Crippen molar-refractivity contribution in [2.75, 3.05) is 0 Å². The van der Waals surface area contributed by atoms with Gasteiger partial charge >= 0.3 is 0 Å². The van der Waals surface area contributed by atoms with Crippen molar-refractivity contribution in [2.45, 2.75) is 32.2 Å². The molecule has 0 saturated carbocycles. The molecule has 5 nitrogen and oxygen atoms in total. The van der Waals surface area contributed by atoms with E-state index in [1.165, 1.54) is 0 Å². The topological polar surface area (TPSA) is 72.0 Å². The van der Waals surface area contributed by atoms with Crippen LogP contribution in [0.4, 0.5) is 0 Å². The molecule has 0 atom stereocenters. The Morgan fingerprint density at radius 2 is 1.76 bits per heavy atom. The molecule has 0 aliphatic rings. The largest absolute Gasteiger partial charge is 0.256 e. The quantitative estimate of drug-likeness (QED) is 0.741. The van der Waals surface area contributed by atoms with Crippen LogP contribution < -0.4 is 4.72 Å². The van der Waals surface area contributed by atoms with Gasteiger partial charge in [-0.1, -0.05) is 17.7 Å². The minimum Gasteiger partial charge on any atom is -0.256 e. The molecule has 0 aliphatic carbocycles. The highest BCUT2D eigenvalue weighted by atomic mass is 32.2. The Kier molecular flexibility index (Phi) is 4.99. The molecule has 0 fully saturated rings. The van der Waals surface area contributed by atoms with Gasteiger partial charge in [0.25, 0.3) is 0 Å². The first-order chi connectivity index (χ1) is 11.9. The van der Waals surface area contributed by atoms with E-state index in [1.54, 1.807) is 23.7 Å². The number of hydrogen-bond acceptors (Lipinski definition) is 5. The van der Waals surface area contributed by atoms with E-state index in [-0.39, 0.29) is 6.54 Å². The first-order valence-electron chi connectivity index (χ1n) is 7.78. The molecule has 0 unspecified atom stereocenters. The third kappa shape index (κ3) is 3.78. The number of rotatable bonds is 5. The molecule has 7 heteroatoms. The second-order valence-corrected chi connectivity index (χ2v) is 8.40. The molecule has 1 N–H and O–H groups in total. The van der Waals surface area contributed by atoms with Crippen LogP contribution in [0.1, 0.15) is 22.4 Å². The Morgan fingerprint density at radius 1 is 1.08 bits per heavy atom. The molecule has 2 heterocycles. The number of nitrogens with zero attached hydrogens (tertiary/aromatic N) is 2. The lowest BCUT2D eigenvalue weighted by Crippen LogP contribution is -2.25. The minimum atomic E-state index is -3.64. The monoisotopic (exact) mass is 373 g/mol. The summed E-state index contributed by atoms with van der Waals surface area (Å²) in [5.41, 5.74) is 4.76. The predicted octanol–water partition coefficient (Wildman–Crippen LogP) is 3.61. The molecule has 25 heavy (non-hydrogen) atoms. The van der Waals surface area contributed by atoms with Gasteiger partial charge in [-0.3, -0.25) is 9.97 Å². The number of hydrogen-bond donors (Lipinski definition) is 1. The average Bonchev–Trinajstić information content (AvgIpc) is 3.06. The Bertz CT molecular complexity index is 974. The molecule has 0 bridgehead atoms. The average molecular weight is 374 g/mol. The molecule has 0 radical (unpaired) electrons. The lowest BCUT2D eigenvalue weighted by Gasteiger charge is -2.13. The van der Waals surface area contributed by atoms with Gasteiger partial charge in [-0.25, -0.2) is 13.1 Å². The van der Waals surface area contributed by atoms with Crippen LogP contribution in [-0.2, 0) is 16.6 Å². The van der Waals surface area contributed by atoms with Gasteiger partial charge in [-0.05, 0) is 43.3 Å². The second-order valence-electron chi connectivity index (χ2n) is 5.92. The van der Waals surface area contributed by atoms with Gasteiger partial charge in [-0.2, -0.15) is 11.3 Å². The van der Waals surface area contributed by atoms with E-state index in [9.17, 15) is 8.42 Å². The Hall–Kier alpha value is -2.09. The third-order valence-electron chi connectivity index (χ3n) is 3.87. The number of benzene rings is 1. The van der Waals surface area contributed by atoms with E-state index in [0.29, 0.717) is 16.3 Å². The highest BCUT2D eigenvalue weighted by Gasteiger charge is 2.20. The Labute approximate surface area is 151 Å². The van der Waals surface area contributed by atoms with Crippen LogP contribution >= 0.6 is 11.3 Å². The van der Waals surface area contributed by atoms with Gasteiger partial charge in [0.15, 0.2) is 0 Å². The lowest BCUT2D eigenvalue weighted by molar-refractivity contribution is 0.579. The summed E-state index contributed by atoms with van der Waals surface area (Å²) in [5.74, 6) is 0. The highest BCUT2D eigenvalue weighted by Crippen LogP contribution is 2.24. The lowest BCUT2D eigenvalue weighted by atomic mass is 10.1. The molecule has 0 spiro atoms. The molecule has 0 amide bonds. The number of thiophene rings is 1. The van der Waals surface area contributed by atoms with Gasteiger partial charge in [0.1, 0.15) is 0 Å². The van der Waals surface area contributed by atoms with Crippen molar-refractivity contribution < 1.29 is 8.42 Å². The van der Waals surface area contributed by atoms with Gasteiger partial charge < -0.3 is 0 Å². The fraction of sp³-hybridized carbons (Fsp3) is 0.222. The fourth-order valence-corrected chi connectivity index (χ4v) is 5.04. The summed E-state index contributed by atoms with van der Waals surface area (Å²) >= 11 is 1.56. The van der Waals surface area contributed by atoms with Gasteiger partial charge in [0.05, 0.1) is 22.8 Å². The number of nitrogens with one attached hydrogen (secondary N) is 1. The van der Waals surface area contributed by atoms with E-state index in [4.69, 9.17) is 0 Å². The number of aryl methyl sites for hydroxylation is 3. The summed E-state index contributed by atoms with van der Waals surface area (Å²) in [4.78, 5) is 8.99. The van der Waals surface area contributed by atoms with Crippen LogP contribution in [0.15, 0.2) is 46.2 Å². The zero-order valence-electron chi connectivity index (χ0n) is 14.3. The summed E-state index contributed by atoms with van der Waals surface area (Å²) in [5, 5.41) is 3.92. The van der Waals surface area contributed by atoms with Gasteiger partial charge in [0.2, 0.25) is 10.0 Å². The fourth-order valence-electron chi connectivity index (χ4n) is 2.96. The Morgan fingerprint density at radius 3 is 2.40 bits per heavy atom. The summed E-state index contributed by atoms with van der Waals surface area (Å²) in [7, 11) is -3.64. The maximum atomic E-state index is 12.8. The van der Waals surface area contributed by atoms with Crippen molar-refractivity contribution in [1.29, 1.82) is 0 Å². The van der Waals surface area contributed by atoms with Crippen molar-refractivity contribution in [3.8, 4) is 11.3 Å². The van der Waals surface area contributed by atoms with Crippen molar-refractivity contribution in [3.63, 3.8) is 0 Å². The van der Waals surface area contributed by atoms with Crippen LogP contribution in [0.2, 0.25) is 0 Å². The molecule has 0 saturated heterocycles. The van der Waals surface area contributed by atoms with Crippen LogP contribution in [0.3, 0.4) is 0 Å². The molecular weight excluding hydrogens is 354 g/mol. The maximum Gasteiger partial charge on any atom is 0.241 e. The maximum absolute atomic E-state index is 12.8. The van der Waals surface area contributed by atoms with Crippen molar-refractivity contribution >= 4 is 21.4 Å². The van der Waals surface area contributed by atoms with E-state index in [2.05, 4.69) is 14.7 Å². The number of aromatic nitrogens is 2.